The van der Waals surface area contributed by atoms with Gasteiger partial charge in [0, 0.05) is 23.2 Å². The summed E-state index contributed by atoms with van der Waals surface area (Å²) in [6, 6.07) is 7.72. The molecule has 1 atom stereocenters. The summed E-state index contributed by atoms with van der Waals surface area (Å²) < 4.78 is 5.56. The minimum absolute atomic E-state index is 0.0810. The fourth-order valence-electron chi connectivity index (χ4n) is 3.45. The summed E-state index contributed by atoms with van der Waals surface area (Å²) in [5, 5.41) is 11.5. The van der Waals surface area contributed by atoms with Crippen LogP contribution in [-0.4, -0.2) is 40.1 Å². The first-order valence-electron chi connectivity index (χ1n) is 9.17. The first kappa shape index (κ1) is 18.7. The lowest BCUT2D eigenvalue weighted by molar-refractivity contribution is -0.130. The van der Waals surface area contributed by atoms with Crippen LogP contribution in [0.3, 0.4) is 0 Å². The van der Waals surface area contributed by atoms with E-state index >= 15 is 0 Å². The largest absolute Gasteiger partial charge is 0.403 e. The third-order valence-electron chi connectivity index (χ3n) is 4.95. The number of nitrogens with one attached hydrogen (secondary N) is 1. The van der Waals surface area contributed by atoms with Crippen LogP contribution in [0, 0.1) is 5.41 Å². The summed E-state index contributed by atoms with van der Waals surface area (Å²) in [6.45, 7) is 7.17. The fourth-order valence-corrected chi connectivity index (χ4v) is 3.57. The van der Waals surface area contributed by atoms with Gasteiger partial charge in [-0.1, -0.05) is 30.5 Å². The summed E-state index contributed by atoms with van der Waals surface area (Å²) in [6.07, 6.45) is 3.63. The number of carbonyl (C=O) groups excluding carboxylic acids is 1. The van der Waals surface area contributed by atoms with Gasteiger partial charge < -0.3 is 14.6 Å². The van der Waals surface area contributed by atoms with Crippen LogP contribution in [0.2, 0.25) is 5.02 Å². The Morgan fingerprint density at radius 3 is 2.62 bits per heavy atom. The molecule has 0 radical (unpaired) electrons. The van der Waals surface area contributed by atoms with E-state index in [2.05, 4.69) is 22.4 Å². The molecule has 1 amide bonds. The number of nitrogens with zero attached hydrogens (tertiary/aromatic N) is 3. The highest BCUT2D eigenvalue weighted by molar-refractivity contribution is 6.30. The molecule has 2 fully saturated rings. The normalized spacial score (nSPS) is 19.8. The minimum atomic E-state index is 0.0810. The van der Waals surface area contributed by atoms with Crippen LogP contribution in [-0.2, 0) is 4.79 Å². The first-order valence-corrected chi connectivity index (χ1v) is 9.55. The van der Waals surface area contributed by atoms with E-state index in [1.54, 1.807) is 12.1 Å². The second-order valence-corrected chi connectivity index (χ2v) is 7.28. The zero-order chi connectivity index (χ0) is 18.7. The van der Waals surface area contributed by atoms with E-state index in [9.17, 15) is 4.79 Å². The van der Waals surface area contributed by atoms with E-state index in [-0.39, 0.29) is 18.5 Å². The molecule has 1 spiro atoms. The van der Waals surface area contributed by atoms with Gasteiger partial charge in [0.25, 0.3) is 0 Å². The summed E-state index contributed by atoms with van der Waals surface area (Å²) in [7, 11) is 0. The van der Waals surface area contributed by atoms with Crippen LogP contribution >= 0.6 is 11.6 Å². The van der Waals surface area contributed by atoms with E-state index in [1.807, 2.05) is 30.9 Å². The maximum Gasteiger partial charge on any atom is 0.316 e. The lowest BCUT2D eigenvalue weighted by Crippen LogP contribution is -2.38. The van der Waals surface area contributed by atoms with Crippen LogP contribution < -0.4 is 5.32 Å². The number of hydrogen-bond acceptors (Lipinski definition) is 5. The Balaban J connectivity index is 0.000000948. The number of benzene rings is 1. The minimum Gasteiger partial charge on any atom is -0.403 e. The molecule has 1 saturated carbocycles. The van der Waals surface area contributed by atoms with Gasteiger partial charge >= 0.3 is 6.01 Å². The van der Waals surface area contributed by atoms with E-state index in [0.717, 1.165) is 18.5 Å². The van der Waals surface area contributed by atoms with Gasteiger partial charge in [-0.2, -0.15) is 0 Å². The Labute approximate surface area is 158 Å². The monoisotopic (exact) mass is 376 g/mol. The van der Waals surface area contributed by atoms with Crippen molar-refractivity contribution in [1.29, 1.82) is 0 Å². The van der Waals surface area contributed by atoms with E-state index in [0.29, 0.717) is 22.4 Å². The van der Waals surface area contributed by atoms with Crippen LogP contribution in [0.15, 0.2) is 28.7 Å². The predicted molar refractivity (Wildman–Crippen MR) is 102 cm³/mol. The summed E-state index contributed by atoms with van der Waals surface area (Å²) >= 11 is 5.87. The van der Waals surface area contributed by atoms with Crippen molar-refractivity contribution in [1.82, 2.24) is 15.1 Å². The van der Waals surface area contributed by atoms with Gasteiger partial charge in [-0.15, -0.1) is 5.10 Å². The lowest BCUT2D eigenvalue weighted by Gasteiger charge is -2.21. The van der Waals surface area contributed by atoms with Gasteiger partial charge in [-0.05, 0) is 55.9 Å². The van der Waals surface area contributed by atoms with Crippen molar-refractivity contribution in [2.75, 3.05) is 18.4 Å². The van der Waals surface area contributed by atoms with Gasteiger partial charge in [0.1, 0.15) is 0 Å². The highest BCUT2D eigenvalue weighted by atomic mass is 35.5. The molecule has 1 aliphatic carbocycles. The van der Waals surface area contributed by atoms with E-state index in [1.165, 1.54) is 12.8 Å². The molecule has 1 aromatic heterocycles. The number of aromatic nitrogens is 2. The Kier molecular flexibility index (Phi) is 5.51. The number of halogens is 1. The Morgan fingerprint density at radius 1 is 1.31 bits per heavy atom. The Bertz CT molecular complexity index is 755. The number of anilines is 1. The molecule has 1 unspecified atom stereocenters. The van der Waals surface area contributed by atoms with E-state index < -0.39 is 0 Å². The molecule has 140 valence electrons. The Hall–Kier alpha value is -2.08. The SMILES string of the molecule is CC.CC1CC2(CC2)CN1C(=O)CNc1nnc(-c2ccc(Cl)cc2)o1. The van der Waals surface area contributed by atoms with Crippen LogP contribution in [0.4, 0.5) is 6.01 Å². The zero-order valence-corrected chi connectivity index (χ0v) is 16.2. The highest BCUT2D eigenvalue weighted by Crippen LogP contribution is 2.54. The molecule has 4 rings (SSSR count). The van der Waals surface area contributed by atoms with Gasteiger partial charge in [0.15, 0.2) is 0 Å². The molecule has 1 N–H and O–H groups in total. The number of hydrogen-bond donors (Lipinski definition) is 1. The molecular weight excluding hydrogens is 352 g/mol. The van der Waals surface area contributed by atoms with Crippen molar-refractivity contribution < 1.29 is 9.21 Å². The second-order valence-electron chi connectivity index (χ2n) is 6.85. The topological polar surface area (TPSA) is 71.3 Å². The number of likely N-dealkylation sites (tertiary alicyclic amines) is 1. The second kappa shape index (κ2) is 7.66. The molecule has 1 aromatic carbocycles. The maximum absolute atomic E-state index is 12.4. The van der Waals surface area contributed by atoms with Crippen molar-refractivity contribution >= 4 is 23.5 Å². The standard InChI is InChI=1S/C17H19ClN4O2.C2H6/c1-11-8-17(6-7-17)10-22(11)14(23)9-19-16-21-20-15(24-16)12-2-4-13(18)5-3-12;1-2/h2-5,11H,6-10H2,1H3,(H,19,21);1-2H3. The lowest BCUT2D eigenvalue weighted by atomic mass is 10.0. The quantitative estimate of drug-likeness (QED) is 0.864. The third kappa shape index (κ3) is 4.01. The molecule has 26 heavy (non-hydrogen) atoms. The van der Waals surface area contributed by atoms with Crippen molar-refractivity contribution in [2.24, 2.45) is 5.41 Å². The van der Waals surface area contributed by atoms with E-state index in [4.69, 9.17) is 16.0 Å². The van der Waals surface area contributed by atoms with Crippen molar-refractivity contribution in [2.45, 2.75) is 46.1 Å². The molecule has 2 aromatic rings. The predicted octanol–water partition coefficient (Wildman–Crippen LogP) is 4.23. The molecule has 6 nitrogen and oxygen atoms in total. The van der Waals surface area contributed by atoms with Gasteiger partial charge in [-0.3, -0.25) is 4.79 Å². The van der Waals surface area contributed by atoms with Gasteiger partial charge in [0.05, 0.1) is 6.54 Å². The summed E-state index contributed by atoms with van der Waals surface area (Å²) in [5.74, 6) is 0.477. The number of amides is 1. The van der Waals surface area contributed by atoms with Crippen LogP contribution in [0.1, 0.15) is 40.0 Å². The molecule has 0 bridgehead atoms. The highest BCUT2D eigenvalue weighted by Gasteiger charge is 2.51. The van der Waals surface area contributed by atoms with Crippen molar-refractivity contribution in [3.05, 3.63) is 29.3 Å². The fraction of sp³-hybridized carbons (Fsp3) is 0.526. The number of carbonyl (C=O) groups is 1. The molecule has 7 heteroatoms. The molecular formula is C19H25ClN4O2. The molecule has 1 saturated heterocycles. The van der Waals surface area contributed by atoms with Gasteiger partial charge in [0.2, 0.25) is 11.8 Å². The zero-order valence-electron chi connectivity index (χ0n) is 15.5. The summed E-state index contributed by atoms with van der Waals surface area (Å²) in [4.78, 5) is 14.4. The van der Waals surface area contributed by atoms with Crippen molar-refractivity contribution in [3.63, 3.8) is 0 Å². The average molecular weight is 377 g/mol. The molecule has 2 heterocycles. The summed E-state index contributed by atoms with van der Waals surface area (Å²) in [5.41, 5.74) is 1.21. The van der Waals surface area contributed by atoms with Crippen LogP contribution in [0.5, 0.6) is 0 Å². The maximum atomic E-state index is 12.4. The third-order valence-corrected chi connectivity index (χ3v) is 5.20. The Morgan fingerprint density at radius 2 is 2.00 bits per heavy atom. The molecule has 2 aliphatic rings. The van der Waals surface area contributed by atoms with Crippen LogP contribution in [0.25, 0.3) is 11.5 Å². The first-order chi connectivity index (χ1) is 12.5. The van der Waals surface area contributed by atoms with Gasteiger partial charge in [-0.25, -0.2) is 0 Å². The van der Waals surface area contributed by atoms with Crippen molar-refractivity contribution in [3.8, 4) is 11.5 Å². The number of rotatable bonds is 4. The smallest absolute Gasteiger partial charge is 0.316 e. The molecule has 1 aliphatic heterocycles. The average Bonchev–Trinajstić information content (AvgIpc) is 3.09.